The number of fused-ring (bicyclic) bond motifs is 1. The van der Waals surface area contributed by atoms with Crippen LogP contribution in [-0.2, 0) is 4.79 Å². The second-order valence-corrected chi connectivity index (χ2v) is 6.09. The van der Waals surface area contributed by atoms with Gasteiger partial charge in [-0.2, -0.15) is 0 Å². The lowest BCUT2D eigenvalue weighted by molar-refractivity contribution is -0.117. The second kappa shape index (κ2) is 6.64. The molecular weight excluding hydrogens is 288 g/mol. The van der Waals surface area contributed by atoms with Crippen molar-refractivity contribution in [1.82, 2.24) is 10.2 Å². The molecule has 1 heterocycles. The van der Waals surface area contributed by atoms with Gasteiger partial charge in [-0.25, -0.2) is 0 Å². The minimum Gasteiger partial charge on any atom is -0.373 e. The van der Waals surface area contributed by atoms with Crippen molar-refractivity contribution in [2.24, 2.45) is 0 Å². The largest absolute Gasteiger partial charge is 0.373 e. The molecule has 1 unspecified atom stereocenters. The minimum atomic E-state index is -0.314. The Kier molecular flexibility index (Phi) is 5.08. The molecular formula is C15H23ClN4O. The van der Waals surface area contributed by atoms with Gasteiger partial charge < -0.3 is 20.4 Å². The predicted octanol–water partition coefficient (Wildman–Crippen LogP) is 1.94. The molecule has 6 heteroatoms. The summed E-state index contributed by atoms with van der Waals surface area (Å²) in [5.74, 6) is -0.0315. The number of likely N-dealkylation sites (N-methyl/N-ethyl adjacent to an activating group) is 1. The van der Waals surface area contributed by atoms with Gasteiger partial charge in [0.25, 0.3) is 0 Å². The number of amides is 1. The highest BCUT2D eigenvalue weighted by Gasteiger charge is 2.30. The Morgan fingerprint density at radius 3 is 2.62 bits per heavy atom. The van der Waals surface area contributed by atoms with Gasteiger partial charge in [0.15, 0.2) is 0 Å². The third kappa shape index (κ3) is 3.48. The third-order valence-corrected chi connectivity index (χ3v) is 4.05. The molecule has 0 saturated heterocycles. The summed E-state index contributed by atoms with van der Waals surface area (Å²) in [5, 5.41) is 6.58. The molecule has 0 fully saturated rings. The highest BCUT2D eigenvalue weighted by atomic mass is 35.5. The quantitative estimate of drug-likeness (QED) is 0.843. The summed E-state index contributed by atoms with van der Waals surface area (Å²) in [6.07, 6.45) is 1.06. The fourth-order valence-corrected chi connectivity index (χ4v) is 2.91. The first kappa shape index (κ1) is 16.1. The van der Waals surface area contributed by atoms with Crippen molar-refractivity contribution in [2.75, 3.05) is 51.5 Å². The van der Waals surface area contributed by atoms with E-state index in [0.717, 1.165) is 36.4 Å². The van der Waals surface area contributed by atoms with Crippen molar-refractivity contribution in [3.8, 4) is 0 Å². The monoisotopic (exact) mass is 310 g/mol. The van der Waals surface area contributed by atoms with E-state index in [-0.39, 0.29) is 11.9 Å². The number of halogens is 1. The van der Waals surface area contributed by atoms with E-state index >= 15 is 0 Å². The van der Waals surface area contributed by atoms with E-state index in [9.17, 15) is 4.79 Å². The lowest BCUT2D eigenvalue weighted by Gasteiger charge is -2.22. The van der Waals surface area contributed by atoms with Gasteiger partial charge in [-0.15, -0.1) is 0 Å². The molecule has 0 radical (unpaired) electrons. The first-order valence-corrected chi connectivity index (χ1v) is 7.49. The van der Waals surface area contributed by atoms with Gasteiger partial charge >= 0.3 is 0 Å². The Morgan fingerprint density at radius 1 is 1.29 bits per heavy atom. The molecule has 1 atom stereocenters. The summed E-state index contributed by atoms with van der Waals surface area (Å²) < 4.78 is 0. The number of hydrogen-bond donors (Lipinski definition) is 2. The van der Waals surface area contributed by atoms with Gasteiger partial charge in [-0.1, -0.05) is 11.6 Å². The highest BCUT2D eigenvalue weighted by Crippen LogP contribution is 2.38. The molecule has 0 aromatic heterocycles. The Hall–Kier alpha value is -1.30. The molecule has 21 heavy (non-hydrogen) atoms. The first-order chi connectivity index (χ1) is 9.93. The molecule has 5 nitrogen and oxygen atoms in total. The third-order valence-electron chi connectivity index (χ3n) is 3.75. The fraction of sp³-hybridized carbons (Fsp3) is 0.533. The molecule has 0 saturated carbocycles. The van der Waals surface area contributed by atoms with Crippen molar-refractivity contribution < 1.29 is 4.79 Å². The van der Waals surface area contributed by atoms with E-state index in [2.05, 4.69) is 34.5 Å². The van der Waals surface area contributed by atoms with Gasteiger partial charge in [0.1, 0.15) is 6.04 Å². The van der Waals surface area contributed by atoms with Crippen LogP contribution in [0.25, 0.3) is 0 Å². The van der Waals surface area contributed by atoms with E-state index in [1.54, 1.807) is 7.05 Å². The maximum absolute atomic E-state index is 11.9. The number of hydrogen-bond acceptors (Lipinski definition) is 4. The van der Waals surface area contributed by atoms with Gasteiger partial charge in [0, 0.05) is 24.8 Å². The SMILES string of the molecule is CNC1C(=O)Nc2cc(N(C)CCCN(C)C)c(Cl)cc21. The van der Waals surface area contributed by atoms with Gasteiger partial charge in [-0.3, -0.25) is 4.79 Å². The number of benzene rings is 1. The summed E-state index contributed by atoms with van der Waals surface area (Å²) in [6, 6.07) is 3.53. The Bertz CT molecular complexity index is 533. The Labute approximate surface area is 131 Å². The molecule has 1 aliphatic rings. The van der Waals surface area contributed by atoms with Crippen molar-refractivity contribution in [3.63, 3.8) is 0 Å². The van der Waals surface area contributed by atoms with Crippen molar-refractivity contribution in [2.45, 2.75) is 12.5 Å². The maximum Gasteiger partial charge on any atom is 0.246 e. The lowest BCUT2D eigenvalue weighted by Crippen LogP contribution is -2.24. The molecule has 1 aromatic carbocycles. The van der Waals surface area contributed by atoms with Crippen LogP contribution in [0.15, 0.2) is 12.1 Å². The average Bonchev–Trinajstić information content (AvgIpc) is 2.71. The van der Waals surface area contributed by atoms with Crippen LogP contribution in [0, 0.1) is 0 Å². The number of rotatable bonds is 6. The van der Waals surface area contributed by atoms with E-state index in [0.29, 0.717) is 5.02 Å². The molecule has 1 aliphatic heterocycles. The number of carbonyl (C=O) groups is 1. The molecule has 0 spiro atoms. The molecule has 2 N–H and O–H groups in total. The van der Waals surface area contributed by atoms with Crippen LogP contribution in [0.3, 0.4) is 0 Å². The number of carbonyl (C=O) groups excluding carboxylic acids is 1. The first-order valence-electron chi connectivity index (χ1n) is 7.11. The van der Waals surface area contributed by atoms with E-state index in [4.69, 9.17) is 11.6 Å². The second-order valence-electron chi connectivity index (χ2n) is 5.68. The summed E-state index contributed by atoms with van der Waals surface area (Å²) in [4.78, 5) is 16.2. The topological polar surface area (TPSA) is 47.6 Å². The predicted molar refractivity (Wildman–Crippen MR) is 88.3 cm³/mol. The lowest BCUT2D eigenvalue weighted by atomic mass is 10.1. The van der Waals surface area contributed by atoms with Crippen molar-refractivity contribution in [3.05, 3.63) is 22.7 Å². The summed E-state index contributed by atoms with van der Waals surface area (Å²) >= 11 is 6.40. The summed E-state index contributed by atoms with van der Waals surface area (Å²) in [5.41, 5.74) is 2.71. The van der Waals surface area contributed by atoms with E-state index in [1.165, 1.54) is 0 Å². The van der Waals surface area contributed by atoms with Gasteiger partial charge in [0.05, 0.1) is 10.7 Å². The highest BCUT2D eigenvalue weighted by molar-refractivity contribution is 6.33. The molecule has 116 valence electrons. The smallest absolute Gasteiger partial charge is 0.246 e. The number of nitrogens with one attached hydrogen (secondary N) is 2. The van der Waals surface area contributed by atoms with Crippen LogP contribution in [-0.4, -0.2) is 52.1 Å². The number of nitrogens with zero attached hydrogens (tertiary/aromatic N) is 2. The van der Waals surface area contributed by atoms with Crippen LogP contribution >= 0.6 is 11.6 Å². The minimum absolute atomic E-state index is 0.0315. The number of anilines is 2. The molecule has 2 rings (SSSR count). The van der Waals surface area contributed by atoms with Crippen molar-refractivity contribution in [1.29, 1.82) is 0 Å². The molecule has 1 aromatic rings. The van der Waals surface area contributed by atoms with E-state index in [1.807, 2.05) is 19.2 Å². The van der Waals surface area contributed by atoms with Crippen LogP contribution in [0.4, 0.5) is 11.4 Å². The Morgan fingerprint density at radius 2 is 2.00 bits per heavy atom. The molecule has 0 aliphatic carbocycles. The summed E-state index contributed by atoms with van der Waals surface area (Å²) in [7, 11) is 7.93. The summed E-state index contributed by atoms with van der Waals surface area (Å²) in [6.45, 7) is 1.95. The van der Waals surface area contributed by atoms with Gasteiger partial charge in [-0.05, 0) is 46.2 Å². The van der Waals surface area contributed by atoms with Crippen LogP contribution in [0.2, 0.25) is 5.02 Å². The molecule has 0 bridgehead atoms. The van der Waals surface area contributed by atoms with Crippen LogP contribution < -0.4 is 15.5 Å². The average molecular weight is 311 g/mol. The van der Waals surface area contributed by atoms with Gasteiger partial charge in [0.2, 0.25) is 5.91 Å². The maximum atomic E-state index is 11.9. The zero-order valence-corrected chi connectivity index (χ0v) is 13.8. The fourth-order valence-electron chi connectivity index (χ4n) is 2.59. The zero-order valence-electron chi connectivity index (χ0n) is 13.0. The normalized spacial score (nSPS) is 17.0. The van der Waals surface area contributed by atoms with E-state index < -0.39 is 0 Å². The van der Waals surface area contributed by atoms with Crippen LogP contribution in [0.1, 0.15) is 18.0 Å². The standard InChI is InChI=1S/C15H23ClN4O/c1-17-14-10-8-11(16)13(9-12(10)18-15(14)21)20(4)7-5-6-19(2)3/h8-9,14,17H,5-7H2,1-4H3,(H,18,21). The van der Waals surface area contributed by atoms with Crippen molar-refractivity contribution >= 4 is 28.9 Å². The zero-order chi connectivity index (χ0) is 15.6. The molecule has 1 amide bonds. The van der Waals surface area contributed by atoms with Crippen LogP contribution in [0.5, 0.6) is 0 Å². The Balaban J connectivity index is 2.16.